The molecule has 1 aliphatic heterocycles. The van der Waals surface area contributed by atoms with Gasteiger partial charge in [0.2, 0.25) is 11.6 Å². The van der Waals surface area contributed by atoms with Crippen molar-refractivity contribution in [2.75, 3.05) is 34.4 Å². The lowest BCUT2D eigenvalue weighted by Gasteiger charge is -2.26. The zero-order valence-electron chi connectivity index (χ0n) is 15.2. The molecule has 1 unspecified atom stereocenters. The molecular weight excluding hydrogens is 358 g/mol. The molecule has 9 heteroatoms. The molecule has 1 aromatic carbocycles. The Morgan fingerprint density at radius 3 is 2.54 bits per heavy atom. The van der Waals surface area contributed by atoms with Crippen molar-refractivity contribution >= 4 is 12.2 Å². The van der Waals surface area contributed by atoms with Crippen LogP contribution in [0.5, 0.6) is 17.2 Å². The molecule has 2 atom stereocenters. The van der Waals surface area contributed by atoms with Gasteiger partial charge in [0.15, 0.2) is 18.2 Å². The first kappa shape index (κ1) is 18.7. The number of rotatable bonds is 6. The quantitative estimate of drug-likeness (QED) is 0.718. The number of likely N-dealkylation sites (tertiary alicyclic amines) is 1. The van der Waals surface area contributed by atoms with Gasteiger partial charge in [0, 0.05) is 5.56 Å². The molecule has 2 N–H and O–H groups in total. The smallest absolute Gasteiger partial charge is 0.292 e. The Bertz CT molecular complexity index is 794. The minimum absolute atomic E-state index is 0.269. The summed E-state index contributed by atoms with van der Waals surface area (Å²) < 4.78 is 23.4. The number of methoxy groups -OCH3 is 3. The summed E-state index contributed by atoms with van der Waals surface area (Å²) in [6.45, 7) is 2.23. The van der Waals surface area contributed by atoms with E-state index in [1.165, 1.54) is 4.90 Å². The zero-order chi connectivity index (χ0) is 18.7. The monoisotopic (exact) mass is 382 g/mol. The summed E-state index contributed by atoms with van der Waals surface area (Å²) in [5.74, 6) is 1.92. The third-order valence-corrected chi connectivity index (χ3v) is 4.78. The Morgan fingerprint density at radius 1 is 1.27 bits per heavy atom. The van der Waals surface area contributed by atoms with Crippen LogP contribution in [-0.2, 0) is 6.67 Å². The van der Waals surface area contributed by atoms with Crippen LogP contribution in [0.4, 0.5) is 0 Å². The third kappa shape index (κ3) is 3.84. The van der Waals surface area contributed by atoms with Crippen molar-refractivity contribution in [3.63, 3.8) is 0 Å². The van der Waals surface area contributed by atoms with Crippen molar-refractivity contribution in [1.82, 2.24) is 9.78 Å². The van der Waals surface area contributed by atoms with E-state index < -0.39 is 0 Å². The molecule has 0 spiro atoms. The molecule has 1 aliphatic rings. The van der Waals surface area contributed by atoms with Gasteiger partial charge in [-0.15, -0.1) is 5.10 Å². The van der Waals surface area contributed by atoms with Crippen molar-refractivity contribution in [3.05, 3.63) is 17.0 Å². The molecule has 0 aliphatic carbocycles. The predicted molar refractivity (Wildman–Crippen MR) is 96.4 cm³/mol. The molecule has 8 nitrogen and oxygen atoms in total. The van der Waals surface area contributed by atoms with Gasteiger partial charge in [0.25, 0.3) is 4.84 Å². The van der Waals surface area contributed by atoms with E-state index in [1.54, 1.807) is 38.1 Å². The molecule has 3 rings (SSSR count). The fourth-order valence-corrected chi connectivity index (χ4v) is 3.39. The summed E-state index contributed by atoms with van der Waals surface area (Å²) in [6, 6.07) is 3.54. The van der Waals surface area contributed by atoms with Crippen LogP contribution in [0.15, 0.2) is 16.5 Å². The average molecular weight is 382 g/mol. The molecule has 0 amide bonds. The van der Waals surface area contributed by atoms with E-state index >= 15 is 0 Å². The number of ether oxygens (including phenoxy) is 3. The zero-order valence-corrected chi connectivity index (χ0v) is 16.0. The Hall–Kier alpha value is -2.10. The maximum absolute atomic E-state index is 9.84. The normalized spacial score (nSPS) is 20.0. The van der Waals surface area contributed by atoms with Crippen LogP contribution in [0.3, 0.4) is 0 Å². The van der Waals surface area contributed by atoms with Gasteiger partial charge in [-0.1, -0.05) is 0 Å². The highest BCUT2D eigenvalue weighted by atomic mass is 32.1. The molecular formula is C17H24N3O5S+. The van der Waals surface area contributed by atoms with Gasteiger partial charge in [0.05, 0.1) is 27.9 Å². The van der Waals surface area contributed by atoms with E-state index in [2.05, 4.69) is 5.10 Å². The molecule has 1 saturated heterocycles. The lowest BCUT2D eigenvalue weighted by Crippen LogP contribution is -3.13. The van der Waals surface area contributed by atoms with Crippen molar-refractivity contribution in [1.29, 1.82) is 0 Å². The van der Waals surface area contributed by atoms with Gasteiger partial charge < -0.3 is 28.6 Å². The predicted octanol–water partition coefficient (Wildman–Crippen LogP) is 0.895. The van der Waals surface area contributed by atoms with E-state index in [0.29, 0.717) is 46.8 Å². The number of nitrogens with zero attached hydrogens (tertiary/aromatic N) is 2. The molecule has 0 saturated carbocycles. The van der Waals surface area contributed by atoms with E-state index in [9.17, 15) is 5.11 Å². The molecule has 0 radical (unpaired) electrons. The number of hydrogen-bond acceptors (Lipinski definition) is 7. The van der Waals surface area contributed by atoms with Crippen molar-refractivity contribution in [2.24, 2.45) is 0 Å². The van der Waals surface area contributed by atoms with E-state index in [-0.39, 0.29) is 6.10 Å². The molecule has 2 aromatic rings. The maximum Gasteiger partial charge on any atom is 0.292 e. The maximum atomic E-state index is 9.84. The van der Waals surface area contributed by atoms with Crippen molar-refractivity contribution in [3.8, 4) is 28.7 Å². The number of hydrogen-bond donors (Lipinski definition) is 2. The summed E-state index contributed by atoms with van der Waals surface area (Å²) >= 11 is 5.31. The van der Waals surface area contributed by atoms with E-state index in [0.717, 1.165) is 19.4 Å². The Kier molecular flexibility index (Phi) is 5.80. The standard InChI is InChI=1S/C17H23N3O5S/c1-22-13-7-11(8-14(23-2)15(13)24-3)16-18-20(17(26)25-16)10-19-6-4-5-12(21)9-19/h7-8,12,21H,4-6,9-10H2,1-3H3/p+1/t12-/m1/s1. The SMILES string of the molecule is COc1cc(-c2nn(C[NH+]3CCC[C@@H](O)C3)c(=S)o2)cc(OC)c1OC. The minimum atomic E-state index is -0.269. The average Bonchev–Trinajstić information content (AvgIpc) is 3.01. The summed E-state index contributed by atoms with van der Waals surface area (Å²) in [7, 11) is 4.66. The van der Waals surface area contributed by atoms with Crippen LogP contribution in [0, 0.1) is 4.84 Å². The van der Waals surface area contributed by atoms with Crippen molar-refractivity contribution < 1.29 is 28.6 Å². The second-order valence-corrected chi connectivity index (χ2v) is 6.59. The number of aromatic nitrogens is 2. The Labute approximate surface area is 156 Å². The van der Waals surface area contributed by atoms with Gasteiger partial charge in [-0.3, -0.25) is 0 Å². The molecule has 0 bridgehead atoms. The van der Waals surface area contributed by atoms with Gasteiger partial charge in [-0.2, -0.15) is 4.68 Å². The number of aliphatic hydroxyl groups is 1. The first-order valence-corrected chi connectivity index (χ1v) is 8.86. The fraction of sp³-hybridized carbons (Fsp3) is 0.529. The van der Waals surface area contributed by atoms with Crippen LogP contribution in [0.1, 0.15) is 12.8 Å². The number of nitrogens with one attached hydrogen (secondary N) is 1. The highest BCUT2D eigenvalue weighted by molar-refractivity contribution is 7.71. The van der Waals surface area contributed by atoms with Gasteiger partial charge in [-0.25, -0.2) is 0 Å². The lowest BCUT2D eigenvalue weighted by molar-refractivity contribution is -0.931. The first-order chi connectivity index (χ1) is 12.5. The van der Waals surface area contributed by atoms with Gasteiger partial charge in [-0.05, 0) is 37.2 Å². The highest BCUT2D eigenvalue weighted by Crippen LogP contribution is 2.40. The number of benzene rings is 1. The molecule has 2 heterocycles. The number of quaternary nitrogens is 1. The summed E-state index contributed by atoms with van der Waals surface area (Å²) in [6.07, 6.45) is 1.57. The number of piperidine rings is 1. The van der Waals surface area contributed by atoms with E-state index in [1.807, 2.05) is 0 Å². The molecule has 26 heavy (non-hydrogen) atoms. The van der Waals surface area contributed by atoms with Crippen LogP contribution < -0.4 is 19.1 Å². The first-order valence-electron chi connectivity index (χ1n) is 8.45. The number of aliphatic hydroxyl groups excluding tert-OH is 1. The van der Waals surface area contributed by atoms with E-state index in [4.69, 9.17) is 30.8 Å². The Morgan fingerprint density at radius 2 is 1.96 bits per heavy atom. The Balaban J connectivity index is 1.90. The second-order valence-electron chi connectivity index (χ2n) is 6.24. The van der Waals surface area contributed by atoms with Crippen LogP contribution in [-0.4, -0.2) is 55.4 Å². The second kappa shape index (κ2) is 8.07. The summed E-state index contributed by atoms with van der Waals surface area (Å²) in [5.41, 5.74) is 0.679. The summed E-state index contributed by atoms with van der Waals surface area (Å²) in [5, 5.41) is 14.3. The van der Waals surface area contributed by atoms with Crippen LogP contribution in [0.2, 0.25) is 0 Å². The van der Waals surface area contributed by atoms with Crippen LogP contribution in [0.25, 0.3) is 11.5 Å². The third-order valence-electron chi connectivity index (χ3n) is 4.48. The highest BCUT2D eigenvalue weighted by Gasteiger charge is 2.23. The van der Waals surface area contributed by atoms with Gasteiger partial charge >= 0.3 is 0 Å². The fourth-order valence-electron chi connectivity index (χ4n) is 3.21. The van der Waals surface area contributed by atoms with Crippen molar-refractivity contribution in [2.45, 2.75) is 25.6 Å². The molecule has 142 valence electrons. The molecule has 1 aromatic heterocycles. The molecule has 1 fully saturated rings. The van der Waals surface area contributed by atoms with Crippen LogP contribution >= 0.6 is 12.2 Å². The van der Waals surface area contributed by atoms with Gasteiger partial charge in [0.1, 0.15) is 12.6 Å². The largest absolute Gasteiger partial charge is 0.493 e. The minimum Gasteiger partial charge on any atom is -0.493 e. The topological polar surface area (TPSA) is 83.3 Å². The lowest BCUT2D eigenvalue weighted by atomic mass is 10.1. The summed E-state index contributed by atoms with van der Waals surface area (Å²) in [4.78, 5) is 1.52.